The first kappa shape index (κ1) is 13.0. The summed E-state index contributed by atoms with van der Waals surface area (Å²) in [5, 5.41) is 3.65. The quantitative estimate of drug-likeness (QED) is 0.874. The molecule has 2 aromatic rings. The van der Waals surface area contributed by atoms with Crippen LogP contribution in [0.4, 0.5) is 5.69 Å². The average Bonchev–Trinajstić information content (AvgIpc) is 2.79. The lowest BCUT2D eigenvalue weighted by atomic mass is 9.92. The highest BCUT2D eigenvalue weighted by atomic mass is 16.5. The Hall–Kier alpha value is -1.96. The smallest absolute Gasteiger partial charge is 0.119 e. The number of methoxy groups -OCH3 is 1. The largest absolute Gasteiger partial charge is 0.497 e. The van der Waals surface area contributed by atoms with E-state index in [-0.39, 0.29) is 0 Å². The molecule has 0 fully saturated rings. The predicted molar refractivity (Wildman–Crippen MR) is 83.7 cm³/mol. The second kappa shape index (κ2) is 4.86. The Kier molecular flexibility index (Phi) is 3.17. The summed E-state index contributed by atoms with van der Waals surface area (Å²) < 4.78 is 5.32. The van der Waals surface area contributed by atoms with Gasteiger partial charge in [0, 0.05) is 5.69 Å². The summed E-state index contributed by atoms with van der Waals surface area (Å²) in [5.74, 6) is 0.934. The van der Waals surface area contributed by atoms with E-state index >= 15 is 0 Å². The third-order valence-electron chi connectivity index (χ3n) is 4.15. The van der Waals surface area contributed by atoms with Crippen molar-refractivity contribution in [2.24, 2.45) is 0 Å². The second-order valence-electron chi connectivity index (χ2n) is 5.74. The highest BCUT2D eigenvalue weighted by Gasteiger charge is 2.24. The number of nitrogens with one attached hydrogen (secondary N) is 1. The van der Waals surface area contributed by atoms with Gasteiger partial charge in [-0.3, -0.25) is 0 Å². The molecule has 104 valence electrons. The van der Waals surface area contributed by atoms with Gasteiger partial charge in [-0.1, -0.05) is 17.7 Å². The van der Waals surface area contributed by atoms with E-state index < -0.39 is 0 Å². The van der Waals surface area contributed by atoms with Gasteiger partial charge < -0.3 is 10.1 Å². The lowest BCUT2D eigenvalue weighted by Crippen LogP contribution is -2.09. The van der Waals surface area contributed by atoms with Crippen LogP contribution in [0.15, 0.2) is 30.3 Å². The molecule has 0 radical (unpaired) electrons. The van der Waals surface area contributed by atoms with Crippen molar-refractivity contribution in [2.75, 3.05) is 12.4 Å². The maximum atomic E-state index is 5.32. The van der Waals surface area contributed by atoms with Crippen molar-refractivity contribution in [1.29, 1.82) is 0 Å². The van der Waals surface area contributed by atoms with Crippen LogP contribution >= 0.6 is 0 Å². The van der Waals surface area contributed by atoms with Gasteiger partial charge in [-0.2, -0.15) is 0 Å². The van der Waals surface area contributed by atoms with Crippen molar-refractivity contribution in [3.05, 3.63) is 58.1 Å². The van der Waals surface area contributed by atoms with Crippen LogP contribution in [0.1, 0.15) is 33.9 Å². The zero-order valence-electron chi connectivity index (χ0n) is 12.6. The van der Waals surface area contributed by atoms with Crippen LogP contribution in [0.3, 0.4) is 0 Å². The Balaban J connectivity index is 1.96. The van der Waals surface area contributed by atoms with Gasteiger partial charge in [0.25, 0.3) is 0 Å². The number of benzene rings is 2. The number of aryl methyl sites for hydroxylation is 3. The number of hydrogen-bond donors (Lipinski definition) is 1. The highest BCUT2D eigenvalue weighted by molar-refractivity contribution is 5.61. The fourth-order valence-corrected chi connectivity index (χ4v) is 3.38. The summed E-state index contributed by atoms with van der Waals surface area (Å²) in [7, 11) is 1.72. The summed E-state index contributed by atoms with van der Waals surface area (Å²) in [5.41, 5.74) is 8.09. The molecule has 0 aromatic heterocycles. The molecule has 2 heteroatoms. The zero-order valence-corrected chi connectivity index (χ0v) is 12.6. The normalized spacial score (nSPS) is 16.7. The minimum absolute atomic E-state index is 0.373. The van der Waals surface area contributed by atoms with Crippen molar-refractivity contribution < 1.29 is 4.74 Å². The third-order valence-corrected chi connectivity index (χ3v) is 4.15. The monoisotopic (exact) mass is 267 g/mol. The molecule has 0 saturated carbocycles. The lowest BCUT2D eigenvalue weighted by molar-refractivity contribution is 0.414. The molecule has 0 bridgehead atoms. The van der Waals surface area contributed by atoms with Crippen molar-refractivity contribution in [2.45, 2.75) is 33.2 Å². The molecule has 1 unspecified atom stereocenters. The Morgan fingerprint density at radius 2 is 1.75 bits per heavy atom. The summed E-state index contributed by atoms with van der Waals surface area (Å²) in [6.07, 6.45) is 1.03. The molecule has 1 aliphatic heterocycles. The fourth-order valence-electron chi connectivity index (χ4n) is 3.38. The predicted octanol–water partition coefficient (Wildman–Crippen LogP) is 4.33. The average molecular weight is 267 g/mol. The van der Waals surface area contributed by atoms with Gasteiger partial charge in [-0.05, 0) is 67.6 Å². The van der Waals surface area contributed by atoms with Crippen LogP contribution in [-0.2, 0) is 6.42 Å². The van der Waals surface area contributed by atoms with Crippen LogP contribution in [0.25, 0.3) is 0 Å². The van der Waals surface area contributed by atoms with E-state index in [4.69, 9.17) is 4.74 Å². The summed E-state index contributed by atoms with van der Waals surface area (Å²) >= 11 is 0. The molecule has 0 amide bonds. The fraction of sp³-hybridized carbons (Fsp3) is 0.333. The Labute approximate surface area is 120 Å². The summed E-state index contributed by atoms with van der Waals surface area (Å²) in [4.78, 5) is 0. The first-order valence-electron chi connectivity index (χ1n) is 7.09. The molecule has 1 heterocycles. The Bertz CT molecular complexity index is 637. The van der Waals surface area contributed by atoms with Crippen LogP contribution in [-0.4, -0.2) is 7.11 Å². The minimum atomic E-state index is 0.373. The second-order valence-corrected chi connectivity index (χ2v) is 5.74. The molecule has 1 aliphatic rings. The van der Waals surface area contributed by atoms with Crippen molar-refractivity contribution in [3.8, 4) is 5.75 Å². The number of rotatable bonds is 2. The van der Waals surface area contributed by atoms with E-state index in [1.54, 1.807) is 7.11 Å². The number of fused-ring (bicyclic) bond motifs is 1. The van der Waals surface area contributed by atoms with Gasteiger partial charge in [0.05, 0.1) is 13.2 Å². The molecule has 20 heavy (non-hydrogen) atoms. The van der Waals surface area contributed by atoms with Crippen LogP contribution in [0, 0.1) is 20.8 Å². The van der Waals surface area contributed by atoms with E-state index in [0.29, 0.717) is 6.04 Å². The van der Waals surface area contributed by atoms with Crippen LogP contribution in [0.5, 0.6) is 5.75 Å². The standard InChI is InChI=1S/C18H21NO/c1-11-7-12(2)18(13(3)8-11)17-10-14-9-15(20-4)5-6-16(14)19-17/h5-9,17,19H,10H2,1-4H3. The van der Waals surface area contributed by atoms with Crippen molar-refractivity contribution >= 4 is 5.69 Å². The van der Waals surface area contributed by atoms with Gasteiger partial charge >= 0.3 is 0 Å². The molecule has 1 atom stereocenters. The SMILES string of the molecule is COc1ccc2c(c1)CC(c1c(C)cc(C)cc1C)N2. The highest BCUT2D eigenvalue weighted by Crippen LogP contribution is 2.38. The van der Waals surface area contributed by atoms with Gasteiger partial charge in [0.2, 0.25) is 0 Å². The zero-order chi connectivity index (χ0) is 14.3. The molecule has 2 nitrogen and oxygen atoms in total. The molecular formula is C18H21NO. The van der Waals surface area contributed by atoms with E-state index in [1.807, 2.05) is 6.07 Å². The van der Waals surface area contributed by atoms with Crippen LogP contribution < -0.4 is 10.1 Å². The number of hydrogen-bond acceptors (Lipinski definition) is 2. The summed E-state index contributed by atoms with van der Waals surface area (Å²) in [6.45, 7) is 6.58. The van der Waals surface area contributed by atoms with E-state index in [1.165, 1.54) is 33.5 Å². The van der Waals surface area contributed by atoms with Gasteiger partial charge in [-0.15, -0.1) is 0 Å². The van der Waals surface area contributed by atoms with Crippen molar-refractivity contribution in [3.63, 3.8) is 0 Å². The van der Waals surface area contributed by atoms with Gasteiger partial charge in [-0.25, -0.2) is 0 Å². The molecule has 0 saturated heterocycles. The maximum Gasteiger partial charge on any atom is 0.119 e. The lowest BCUT2D eigenvalue weighted by Gasteiger charge is -2.18. The Morgan fingerprint density at radius 1 is 1.05 bits per heavy atom. The third kappa shape index (κ3) is 2.15. The molecule has 1 N–H and O–H groups in total. The minimum Gasteiger partial charge on any atom is -0.497 e. The van der Waals surface area contributed by atoms with Crippen molar-refractivity contribution in [1.82, 2.24) is 0 Å². The molecule has 0 aliphatic carbocycles. The van der Waals surface area contributed by atoms with E-state index in [2.05, 4.69) is 50.4 Å². The first-order valence-corrected chi connectivity index (χ1v) is 7.09. The molecule has 2 aromatic carbocycles. The number of anilines is 1. The molecule has 0 spiro atoms. The maximum absolute atomic E-state index is 5.32. The number of ether oxygens (including phenoxy) is 1. The summed E-state index contributed by atoms with van der Waals surface area (Å²) in [6, 6.07) is 11.2. The topological polar surface area (TPSA) is 21.3 Å². The van der Waals surface area contributed by atoms with Gasteiger partial charge in [0.15, 0.2) is 0 Å². The first-order chi connectivity index (χ1) is 9.58. The molecular weight excluding hydrogens is 246 g/mol. The molecule has 3 rings (SSSR count). The van der Waals surface area contributed by atoms with Gasteiger partial charge in [0.1, 0.15) is 5.75 Å². The van der Waals surface area contributed by atoms with Crippen LogP contribution in [0.2, 0.25) is 0 Å². The van der Waals surface area contributed by atoms with E-state index in [0.717, 1.165) is 12.2 Å². The van der Waals surface area contributed by atoms with E-state index in [9.17, 15) is 0 Å². The Morgan fingerprint density at radius 3 is 2.40 bits per heavy atom.